The molecular weight excluding hydrogens is 529 g/mol. The third-order valence-electron chi connectivity index (χ3n) is 6.99. The first-order valence-corrected chi connectivity index (χ1v) is 14.8. The van der Waals surface area contributed by atoms with Gasteiger partial charge in [-0.05, 0) is 44.8 Å². The Bertz CT molecular complexity index is 1330. The number of pyridine rings is 1. The van der Waals surface area contributed by atoms with Crippen molar-refractivity contribution in [2.45, 2.75) is 37.9 Å². The summed E-state index contributed by atoms with van der Waals surface area (Å²) in [7, 11) is -3.23. The normalized spacial score (nSPS) is 18.7. The van der Waals surface area contributed by atoms with Crippen LogP contribution in [0.15, 0.2) is 18.5 Å². The number of piperidine rings is 1. The van der Waals surface area contributed by atoms with Crippen molar-refractivity contribution >= 4 is 37.3 Å². The fourth-order valence-electron chi connectivity index (χ4n) is 4.96. The highest BCUT2D eigenvalue weighted by Gasteiger charge is 2.34. The van der Waals surface area contributed by atoms with Crippen molar-refractivity contribution in [1.82, 2.24) is 28.8 Å². The highest BCUT2D eigenvalue weighted by molar-refractivity contribution is 7.88. The first-order valence-electron chi connectivity index (χ1n) is 12.1. The minimum Gasteiger partial charge on any atom is -0.383 e. The van der Waals surface area contributed by atoms with E-state index in [-0.39, 0.29) is 11.6 Å². The van der Waals surface area contributed by atoms with E-state index in [1.54, 1.807) is 10.7 Å². The SMILES string of the molecule is CS(=O)(=O)N1CCC(N(CCN2CCCC2)c2nn3cc(-c4cnc(N)c(C(F)(F)F)c4)nc3s2)CC1. The second kappa shape index (κ2) is 10.0. The van der Waals surface area contributed by atoms with Crippen LogP contribution in [0.3, 0.4) is 0 Å². The van der Waals surface area contributed by atoms with Crippen LogP contribution in [0, 0.1) is 0 Å². The molecule has 0 saturated carbocycles. The summed E-state index contributed by atoms with van der Waals surface area (Å²) in [5, 5.41) is 5.48. The van der Waals surface area contributed by atoms with Crippen LogP contribution in [0.5, 0.6) is 0 Å². The molecule has 0 atom stereocenters. The molecule has 0 aromatic carbocycles. The number of hydrogen-bond acceptors (Lipinski definition) is 9. The molecule has 0 amide bonds. The number of aromatic nitrogens is 4. The standard InChI is InChI=1S/C22H29F3N8O2S2/c1-37(34,35)31-8-4-16(5-9-31)32(11-10-30-6-2-3-7-30)21-29-33-14-18(28-20(33)36-21)15-12-17(22(23,24)25)19(26)27-13-15/h12-14,16H,2-11H2,1H3,(H2,26,27). The summed E-state index contributed by atoms with van der Waals surface area (Å²) in [6, 6.07) is 1.08. The van der Waals surface area contributed by atoms with Gasteiger partial charge in [0.25, 0.3) is 0 Å². The van der Waals surface area contributed by atoms with E-state index in [1.807, 2.05) is 0 Å². The maximum absolute atomic E-state index is 13.3. The third-order valence-corrected chi connectivity index (χ3v) is 9.25. The molecule has 2 fully saturated rings. The maximum atomic E-state index is 13.3. The highest BCUT2D eigenvalue weighted by atomic mass is 32.2. The Hall–Kier alpha value is -2.49. The molecule has 10 nitrogen and oxygen atoms in total. The number of anilines is 2. The Labute approximate surface area is 216 Å². The largest absolute Gasteiger partial charge is 0.419 e. The topological polar surface area (TPSA) is 113 Å². The fraction of sp³-hybridized carbons (Fsp3) is 0.591. The third kappa shape index (κ3) is 5.68. The molecule has 5 rings (SSSR count). The molecule has 0 spiro atoms. The molecule has 15 heteroatoms. The lowest BCUT2D eigenvalue weighted by Gasteiger charge is -2.38. The number of sulfonamides is 1. The highest BCUT2D eigenvalue weighted by Crippen LogP contribution is 2.36. The lowest BCUT2D eigenvalue weighted by Crippen LogP contribution is -2.48. The molecule has 2 aliphatic rings. The van der Waals surface area contributed by atoms with E-state index >= 15 is 0 Å². The van der Waals surface area contributed by atoms with Gasteiger partial charge in [0.1, 0.15) is 5.82 Å². The van der Waals surface area contributed by atoms with Crippen molar-refractivity contribution in [3.05, 3.63) is 24.0 Å². The minimum atomic E-state index is -4.61. The van der Waals surface area contributed by atoms with Crippen LogP contribution in [0.4, 0.5) is 24.1 Å². The molecule has 202 valence electrons. The summed E-state index contributed by atoms with van der Waals surface area (Å²) in [5.41, 5.74) is 4.97. The number of nitrogen functional groups attached to an aromatic ring is 1. The molecule has 3 aromatic rings. The van der Waals surface area contributed by atoms with E-state index in [1.165, 1.54) is 40.9 Å². The molecule has 2 N–H and O–H groups in total. The van der Waals surface area contributed by atoms with E-state index in [0.29, 0.717) is 36.6 Å². The average molecular weight is 559 g/mol. The average Bonchev–Trinajstić information content (AvgIpc) is 3.56. The van der Waals surface area contributed by atoms with E-state index in [2.05, 4.69) is 19.8 Å². The lowest BCUT2D eigenvalue weighted by molar-refractivity contribution is -0.137. The summed E-state index contributed by atoms with van der Waals surface area (Å²) in [4.78, 5) is 13.4. The molecule has 2 saturated heterocycles. The van der Waals surface area contributed by atoms with Crippen LogP contribution in [0.1, 0.15) is 31.2 Å². The van der Waals surface area contributed by atoms with E-state index in [9.17, 15) is 21.6 Å². The number of hydrogen-bond donors (Lipinski definition) is 1. The van der Waals surface area contributed by atoms with Crippen LogP contribution in [0.2, 0.25) is 0 Å². The minimum absolute atomic E-state index is 0.131. The van der Waals surface area contributed by atoms with Gasteiger partial charge in [-0.15, -0.1) is 5.10 Å². The number of nitrogens with zero attached hydrogens (tertiary/aromatic N) is 7. The lowest BCUT2D eigenvalue weighted by atomic mass is 10.1. The van der Waals surface area contributed by atoms with Crippen LogP contribution in [0.25, 0.3) is 16.2 Å². The first kappa shape index (κ1) is 26.1. The van der Waals surface area contributed by atoms with Gasteiger partial charge in [0, 0.05) is 44.0 Å². The molecule has 0 bridgehead atoms. The number of likely N-dealkylation sites (tertiary alicyclic amines) is 1. The monoisotopic (exact) mass is 558 g/mol. The predicted molar refractivity (Wildman–Crippen MR) is 136 cm³/mol. The number of imidazole rings is 1. The Morgan fingerprint density at radius 2 is 1.89 bits per heavy atom. The van der Waals surface area contributed by atoms with Gasteiger partial charge in [-0.2, -0.15) is 13.2 Å². The number of rotatable bonds is 7. The zero-order valence-electron chi connectivity index (χ0n) is 20.4. The van der Waals surface area contributed by atoms with Gasteiger partial charge < -0.3 is 15.5 Å². The van der Waals surface area contributed by atoms with Crippen molar-refractivity contribution in [3.8, 4) is 11.3 Å². The predicted octanol–water partition coefficient (Wildman–Crippen LogP) is 2.78. The van der Waals surface area contributed by atoms with E-state index < -0.39 is 27.6 Å². The molecule has 37 heavy (non-hydrogen) atoms. The molecule has 2 aliphatic heterocycles. The van der Waals surface area contributed by atoms with Crippen molar-refractivity contribution in [2.24, 2.45) is 0 Å². The number of halogens is 3. The van der Waals surface area contributed by atoms with Gasteiger partial charge in [-0.1, -0.05) is 11.3 Å². The Balaban J connectivity index is 1.39. The van der Waals surface area contributed by atoms with Gasteiger partial charge >= 0.3 is 6.18 Å². The van der Waals surface area contributed by atoms with Gasteiger partial charge in [0.15, 0.2) is 0 Å². The van der Waals surface area contributed by atoms with E-state index in [4.69, 9.17) is 10.8 Å². The first-order chi connectivity index (χ1) is 17.5. The van der Waals surface area contributed by atoms with Crippen molar-refractivity contribution in [1.29, 1.82) is 0 Å². The Morgan fingerprint density at radius 1 is 1.19 bits per heavy atom. The van der Waals surface area contributed by atoms with Crippen molar-refractivity contribution < 1.29 is 21.6 Å². The van der Waals surface area contributed by atoms with Crippen LogP contribution >= 0.6 is 11.3 Å². The van der Waals surface area contributed by atoms with E-state index in [0.717, 1.165) is 37.4 Å². The van der Waals surface area contributed by atoms with Crippen LogP contribution in [-0.2, 0) is 16.2 Å². The molecule has 3 aromatic heterocycles. The summed E-state index contributed by atoms with van der Waals surface area (Å²) < 4.78 is 66.9. The quantitative estimate of drug-likeness (QED) is 0.471. The van der Waals surface area contributed by atoms with Crippen molar-refractivity contribution in [3.63, 3.8) is 0 Å². The molecule has 0 aliphatic carbocycles. The maximum Gasteiger partial charge on any atom is 0.419 e. The fourth-order valence-corrected chi connectivity index (χ4v) is 6.82. The second-order valence-electron chi connectivity index (χ2n) is 9.53. The van der Waals surface area contributed by atoms with Crippen molar-refractivity contribution in [2.75, 3.05) is 56.2 Å². The van der Waals surface area contributed by atoms with Gasteiger partial charge in [-0.25, -0.2) is 27.2 Å². The zero-order valence-corrected chi connectivity index (χ0v) is 22.0. The Kier molecular flexibility index (Phi) is 7.06. The Morgan fingerprint density at radius 3 is 2.51 bits per heavy atom. The molecule has 5 heterocycles. The smallest absolute Gasteiger partial charge is 0.383 e. The number of alkyl halides is 3. The molecular formula is C22H29F3N8O2S2. The number of nitrogens with two attached hydrogens (primary N) is 1. The summed E-state index contributed by atoms with van der Waals surface area (Å²) in [5.74, 6) is -0.576. The molecule has 0 unspecified atom stereocenters. The molecule has 0 radical (unpaired) electrons. The van der Waals surface area contributed by atoms with Crippen LogP contribution in [-0.4, -0.2) is 88.8 Å². The zero-order chi connectivity index (χ0) is 26.4. The summed E-state index contributed by atoms with van der Waals surface area (Å²) >= 11 is 1.37. The number of fused-ring (bicyclic) bond motifs is 1. The summed E-state index contributed by atoms with van der Waals surface area (Å²) in [6.07, 6.45) is 3.25. The summed E-state index contributed by atoms with van der Waals surface area (Å²) in [6.45, 7) is 4.70. The van der Waals surface area contributed by atoms with Gasteiger partial charge in [0.05, 0.1) is 23.7 Å². The second-order valence-corrected chi connectivity index (χ2v) is 12.4. The van der Waals surface area contributed by atoms with Gasteiger partial charge in [-0.3, -0.25) is 0 Å². The van der Waals surface area contributed by atoms with Crippen LogP contribution < -0.4 is 10.6 Å². The van der Waals surface area contributed by atoms with Gasteiger partial charge in [0.2, 0.25) is 20.1 Å².